The van der Waals surface area contributed by atoms with E-state index in [0.717, 1.165) is 11.1 Å². The third kappa shape index (κ3) is 5.04. The van der Waals surface area contributed by atoms with Crippen LogP contribution < -0.4 is 4.74 Å². The van der Waals surface area contributed by atoms with Gasteiger partial charge in [0.05, 0.1) is 18.2 Å². The molecule has 1 aliphatic rings. The monoisotopic (exact) mass is 497 g/mol. The van der Waals surface area contributed by atoms with Crippen molar-refractivity contribution >= 4 is 17.4 Å². The maximum atomic E-state index is 13.1. The van der Waals surface area contributed by atoms with Crippen LogP contribution in [0.25, 0.3) is 5.76 Å². The molecular formula is C29H27N3O5. The van der Waals surface area contributed by atoms with Crippen molar-refractivity contribution in [3.63, 3.8) is 0 Å². The quantitative estimate of drug-likeness (QED) is 0.201. The number of hydrogen-bond acceptors (Lipinski definition) is 6. The Morgan fingerprint density at radius 2 is 1.86 bits per heavy atom. The topological polar surface area (TPSA) is 97.8 Å². The number of amides is 1. The molecule has 37 heavy (non-hydrogen) atoms. The van der Waals surface area contributed by atoms with Gasteiger partial charge in [0, 0.05) is 31.0 Å². The number of aliphatic hydroxyl groups is 1. The second-order valence-corrected chi connectivity index (χ2v) is 8.90. The van der Waals surface area contributed by atoms with E-state index >= 15 is 0 Å². The number of furan rings is 1. The molecule has 0 aliphatic carbocycles. The Morgan fingerprint density at radius 1 is 1.05 bits per heavy atom. The minimum Gasteiger partial charge on any atom is -0.507 e. The van der Waals surface area contributed by atoms with Gasteiger partial charge in [-0.25, -0.2) is 4.98 Å². The summed E-state index contributed by atoms with van der Waals surface area (Å²) in [5.41, 5.74) is 2.65. The van der Waals surface area contributed by atoms with Crippen molar-refractivity contribution in [1.29, 1.82) is 0 Å². The lowest BCUT2D eigenvalue weighted by Gasteiger charge is -2.23. The number of nitrogens with zero attached hydrogens (tertiary/aromatic N) is 3. The highest BCUT2D eigenvalue weighted by molar-refractivity contribution is 6.46. The van der Waals surface area contributed by atoms with Gasteiger partial charge in [0.2, 0.25) is 0 Å². The van der Waals surface area contributed by atoms with Crippen LogP contribution in [0, 0.1) is 6.92 Å². The van der Waals surface area contributed by atoms with E-state index in [1.807, 2.05) is 42.0 Å². The molecule has 0 spiro atoms. The Hall–Kier alpha value is -4.59. The second kappa shape index (κ2) is 10.6. The van der Waals surface area contributed by atoms with Crippen molar-refractivity contribution in [3.8, 4) is 5.75 Å². The fourth-order valence-corrected chi connectivity index (χ4v) is 4.49. The van der Waals surface area contributed by atoms with E-state index in [0.29, 0.717) is 43.2 Å². The van der Waals surface area contributed by atoms with E-state index in [1.54, 1.807) is 48.9 Å². The Bertz CT molecular complexity index is 1410. The molecule has 0 radical (unpaired) electrons. The summed E-state index contributed by atoms with van der Waals surface area (Å²) < 4.78 is 13.4. The normalized spacial score (nSPS) is 16.9. The highest BCUT2D eigenvalue weighted by Crippen LogP contribution is 2.39. The number of carbonyl (C=O) groups excluding carboxylic acids is 2. The largest absolute Gasteiger partial charge is 0.507 e. The van der Waals surface area contributed by atoms with Crippen molar-refractivity contribution in [2.24, 2.45) is 0 Å². The zero-order valence-corrected chi connectivity index (χ0v) is 20.4. The van der Waals surface area contributed by atoms with Crippen LogP contribution in [0.3, 0.4) is 0 Å². The summed E-state index contributed by atoms with van der Waals surface area (Å²) in [5, 5.41) is 11.2. The Kier molecular flexibility index (Phi) is 6.89. The summed E-state index contributed by atoms with van der Waals surface area (Å²) in [7, 11) is 0. The molecule has 5 rings (SSSR count). The van der Waals surface area contributed by atoms with Gasteiger partial charge < -0.3 is 23.7 Å². The maximum absolute atomic E-state index is 13.1. The van der Waals surface area contributed by atoms with Crippen LogP contribution in [0.15, 0.2) is 95.6 Å². The first kappa shape index (κ1) is 24.1. The van der Waals surface area contributed by atoms with Gasteiger partial charge in [-0.15, -0.1) is 0 Å². The molecule has 4 aromatic rings. The molecule has 1 aliphatic heterocycles. The van der Waals surface area contributed by atoms with E-state index in [1.165, 1.54) is 11.2 Å². The van der Waals surface area contributed by atoms with Gasteiger partial charge in [0.1, 0.15) is 29.9 Å². The molecule has 1 fully saturated rings. The lowest BCUT2D eigenvalue weighted by Crippen LogP contribution is -2.31. The molecule has 2 aromatic carbocycles. The Labute approximate surface area is 214 Å². The smallest absolute Gasteiger partial charge is 0.295 e. The van der Waals surface area contributed by atoms with Gasteiger partial charge >= 0.3 is 0 Å². The number of aryl methyl sites for hydroxylation is 2. The molecule has 1 atom stereocenters. The number of ketones is 1. The van der Waals surface area contributed by atoms with Gasteiger partial charge in [0.25, 0.3) is 11.7 Å². The van der Waals surface area contributed by atoms with E-state index in [2.05, 4.69) is 4.98 Å². The van der Waals surface area contributed by atoms with Gasteiger partial charge in [-0.2, -0.15) is 0 Å². The molecule has 2 aromatic heterocycles. The molecule has 0 bridgehead atoms. The van der Waals surface area contributed by atoms with Gasteiger partial charge in [-0.1, -0.05) is 24.3 Å². The molecule has 3 heterocycles. The lowest BCUT2D eigenvalue weighted by atomic mass is 9.99. The predicted octanol–water partition coefficient (Wildman–Crippen LogP) is 4.88. The standard InChI is InChI=1S/C29H27N3O5/c1-20-6-2-3-7-22(20)18-37-23-11-9-21(10-12-23)27(33)25-26(24-8-4-17-36-24)32(29(35)28(25)34)15-5-14-31-16-13-30-19-31/h2-4,6-13,16-17,19,26,33H,5,14-15,18H2,1H3/t26-/m1/s1. The summed E-state index contributed by atoms with van der Waals surface area (Å²) in [6, 6.07) is 17.4. The molecule has 188 valence electrons. The molecule has 0 saturated carbocycles. The number of Topliss-reactive ketones (excluding diaryl/α,β-unsaturated/α-hetero) is 1. The molecule has 1 saturated heterocycles. The highest BCUT2D eigenvalue weighted by Gasteiger charge is 2.47. The number of aromatic nitrogens is 2. The third-order valence-corrected chi connectivity index (χ3v) is 6.51. The van der Waals surface area contributed by atoms with E-state index in [9.17, 15) is 14.7 Å². The van der Waals surface area contributed by atoms with E-state index < -0.39 is 17.7 Å². The van der Waals surface area contributed by atoms with Crippen LogP contribution in [0.4, 0.5) is 0 Å². The first-order chi connectivity index (χ1) is 18.0. The number of hydrogen-bond donors (Lipinski definition) is 1. The number of ether oxygens (including phenoxy) is 1. The van der Waals surface area contributed by atoms with Crippen molar-refractivity contribution in [3.05, 3.63) is 114 Å². The molecule has 0 unspecified atom stereocenters. The van der Waals surface area contributed by atoms with Crippen LogP contribution in [0.1, 0.15) is 34.9 Å². The van der Waals surface area contributed by atoms with Crippen LogP contribution in [-0.4, -0.2) is 37.8 Å². The molecule has 1 N–H and O–H groups in total. The summed E-state index contributed by atoms with van der Waals surface area (Å²) in [4.78, 5) is 31.6. The summed E-state index contributed by atoms with van der Waals surface area (Å²) in [6.45, 7) is 3.40. The van der Waals surface area contributed by atoms with Crippen LogP contribution in [0.5, 0.6) is 5.75 Å². The van der Waals surface area contributed by atoms with Gasteiger partial charge in [-0.3, -0.25) is 9.59 Å². The number of aliphatic hydroxyl groups excluding tert-OH is 1. The van der Waals surface area contributed by atoms with Crippen molar-refractivity contribution in [2.45, 2.75) is 32.5 Å². The predicted molar refractivity (Wildman–Crippen MR) is 137 cm³/mol. The summed E-state index contributed by atoms with van der Waals surface area (Å²) >= 11 is 0. The van der Waals surface area contributed by atoms with Gasteiger partial charge in [0.15, 0.2) is 0 Å². The molecule has 8 heteroatoms. The molecule has 8 nitrogen and oxygen atoms in total. The number of carbonyl (C=O) groups is 2. The fourth-order valence-electron chi connectivity index (χ4n) is 4.49. The molecular weight excluding hydrogens is 470 g/mol. The van der Waals surface area contributed by atoms with E-state index in [4.69, 9.17) is 9.15 Å². The maximum Gasteiger partial charge on any atom is 0.295 e. The second-order valence-electron chi connectivity index (χ2n) is 8.90. The minimum absolute atomic E-state index is 0.0103. The van der Waals surface area contributed by atoms with Crippen LogP contribution >= 0.6 is 0 Å². The first-order valence-corrected chi connectivity index (χ1v) is 12.1. The molecule has 1 amide bonds. The summed E-state index contributed by atoms with van der Waals surface area (Å²) in [6.07, 6.45) is 7.32. The average Bonchev–Trinajstić information content (AvgIpc) is 3.67. The van der Waals surface area contributed by atoms with E-state index in [-0.39, 0.29) is 11.3 Å². The average molecular weight is 498 g/mol. The minimum atomic E-state index is -0.810. The van der Waals surface area contributed by atoms with Crippen LogP contribution in [0.2, 0.25) is 0 Å². The number of likely N-dealkylation sites (tertiary alicyclic amines) is 1. The SMILES string of the molecule is Cc1ccccc1COc1ccc(C(O)=C2C(=O)C(=O)N(CCCn3ccnc3)[C@@H]2c2ccco2)cc1. The van der Waals surface area contributed by atoms with Crippen molar-refractivity contribution in [2.75, 3.05) is 6.54 Å². The highest BCUT2D eigenvalue weighted by atomic mass is 16.5. The summed E-state index contributed by atoms with van der Waals surface area (Å²) in [5.74, 6) is -0.598. The lowest BCUT2D eigenvalue weighted by molar-refractivity contribution is -0.140. The Morgan fingerprint density at radius 3 is 2.57 bits per heavy atom. The number of imidazole rings is 1. The van der Waals surface area contributed by atoms with Crippen molar-refractivity contribution in [1.82, 2.24) is 14.5 Å². The zero-order chi connectivity index (χ0) is 25.8. The zero-order valence-electron chi connectivity index (χ0n) is 20.4. The Balaban J connectivity index is 1.37. The van der Waals surface area contributed by atoms with Crippen molar-refractivity contribution < 1.29 is 23.8 Å². The van der Waals surface area contributed by atoms with Crippen LogP contribution in [-0.2, 0) is 22.7 Å². The first-order valence-electron chi connectivity index (χ1n) is 12.1. The number of rotatable bonds is 9. The van der Waals surface area contributed by atoms with Gasteiger partial charge in [-0.05, 0) is 60.9 Å². The third-order valence-electron chi connectivity index (χ3n) is 6.51. The number of benzene rings is 2. The fraction of sp³-hybridized carbons (Fsp3) is 0.207.